The molecule has 2 fully saturated rings. The molecule has 1 aromatic rings. The summed E-state index contributed by atoms with van der Waals surface area (Å²) in [7, 11) is 5.18. The fourth-order valence-corrected chi connectivity index (χ4v) is 4.05. The van der Waals surface area contributed by atoms with Crippen molar-refractivity contribution in [2.45, 2.75) is 44.2 Å². The van der Waals surface area contributed by atoms with Crippen molar-refractivity contribution in [1.82, 2.24) is 15.5 Å². The first-order chi connectivity index (χ1) is 14.0. The number of hydrogen-bond acceptors (Lipinski definition) is 4. The zero-order chi connectivity index (χ0) is 20.8. The fourth-order valence-electron chi connectivity index (χ4n) is 3.89. The number of benzene rings is 1. The number of guanidine groups is 1. The van der Waals surface area contributed by atoms with Crippen LogP contribution < -0.4 is 20.3 Å². The van der Waals surface area contributed by atoms with E-state index >= 15 is 0 Å². The summed E-state index contributed by atoms with van der Waals surface area (Å²) in [4.78, 5) is 20.4. The maximum absolute atomic E-state index is 12.0. The van der Waals surface area contributed by atoms with E-state index in [9.17, 15) is 4.79 Å². The van der Waals surface area contributed by atoms with Gasteiger partial charge in [0.15, 0.2) is 5.96 Å². The lowest BCUT2D eigenvalue weighted by Gasteiger charge is -2.23. The van der Waals surface area contributed by atoms with E-state index in [0.717, 1.165) is 49.7 Å². The van der Waals surface area contributed by atoms with Crippen LogP contribution in [0, 0.1) is 0 Å². The van der Waals surface area contributed by atoms with Crippen LogP contribution >= 0.6 is 35.6 Å². The van der Waals surface area contributed by atoms with Crippen molar-refractivity contribution < 1.29 is 9.53 Å². The molecule has 0 aromatic heterocycles. The van der Waals surface area contributed by atoms with Gasteiger partial charge in [0.1, 0.15) is 12.3 Å². The van der Waals surface area contributed by atoms with Crippen LogP contribution in [0.1, 0.15) is 32.1 Å². The van der Waals surface area contributed by atoms with E-state index in [1.54, 1.807) is 26.1 Å². The van der Waals surface area contributed by atoms with Gasteiger partial charge < -0.3 is 25.2 Å². The molecule has 1 saturated heterocycles. The van der Waals surface area contributed by atoms with Crippen molar-refractivity contribution in [3.05, 3.63) is 23.2 Å². The lowest BCUT2D eigenvalue weighted by atomic mass is 10.2. The Kier molecular flexibility index (Phi) is 9.80. The summed E-state index contributed by atoms with van der Waals surface area (Å²) in [6.45, 7) is 1.87. The average molecular weight is 550 g/mol. The second-order valence-electron chi connectivity index (χ2n) is 7.97. The number of likely N-dealkylation sites (N-methyl/N-ethyl adjacent to an activating group) is 1. The highest BCUT2D eigenvalue weighted by Gasteiger charge is 2.26. The van der Waals surface area contributed by atoms with Gasteiger partial charge in [0.25, 0.3) is 0 Å². The van der Waals surface area contributed by atoms with Crippen molar-refractivity contribution >= 4 is 53.1 Å². The molecule has 168 valence electrons. The minimum Gasteiger partial charge on any atom is -0.495 e. The number of carbonyl (C=O) groups excluding carboxylic acids is 1. The summed E-state index contributed by atoms with van der Waals surface area (Å²) in [6.07, 6.45) is 5.76. The van der Waals surface area contributed by atoms with Crippen LogP contribution in [0.25, 0.3) is 0 Å². The number of ether oxygens (including phenoxy) is 1. The van der Waals surface area contributed by atoms with Gasteiger partial charge in [-0.05, 0) is 37.5 Å². The number of halogens is 2. The van der Waals surface area contributed by atoms with Gasteiger partial charge in [-0.25, -0.2) is 4.99 Å². The smallest absolute Gasteiger partial charge is 0.243 e. The first-order valence-corrected chi connectivity index (χ1v) is 10.7. The predicted molar refractivity (Wildman–Crippen MR) is 134 cm³/mol. The van der Waals surface area contributed by atoms with E-state index in [2.05, 4.69) is 20.5 Å². The van der Waals surface area contributed by atoms with E-state index in [0.29, 0.717) is 11.1 Å². The monoisotopic (exact) mass is 549 g/mol. The number of anilines is 1. The standard InChI is InChI=1S/C21H32ClN5O2.HI/c1-26(2)20(28)13-23-21(24-16-6-4-5-7-16)25-17-10-11-27(14-17)18-12-15(22)8-9-19(18)29-3;/h8-9,12,16-17H,4-7,10-11,13-14H2,1-3H3,(H2,23,24,25);1H. The Labute approximate surface area is 201 Å². The highest BCUT2D eigenvalue weighted by Crippen LogP contribution is 2.33. The number of carbonyl (C=O) groups is 1. The average Bonchev–Trinajstić information content (AvgIpc) is 3.37. The van der Waals surface area contributed by atoms with Crippen LogP contribution in [0.4, 0.5) is 5.69 Å². The zero-order valence-corrected chi connectivity index (χ0v) is 21.1. The lowest BCUT2D eigenvalue weighted by molar-refractivity contribution is -0.127. The third-order valence-corrected chi connectivity index (χ3v) is 5.81. The van der Waals surface area contributed by atoms with Crippen molar-refractivity contribution in [2.75, 3.05) is 45.7 Å². The molecule has 30 heavy (non-hydrogen) atoms. The molecule has 0 spiro atoms. The van der Waals surface area contributed by atoms with Gasteiger partial charge in [-0.15, -0.1) is 24.0 Å². The Balaban J connectivity index is 0.00000320. The Morgan fingerprint density at radius 1 is 1.23 bits per heavy atom. The van der Waals surface area contributed by atoms with Crippen LogP contribution in [-0.4, -0.2) is 69.7 Å². The van der Waals surface area contributed by atoms with Crippen molar-refractivity contribution in [3.8, 4) is 5.75 Å². The van der Waals surface area contributed by atoms with Crippen LogP contribution in [0.5, 0.6) is 5.75 Å². The second-order valence-corrected chi connectivity index (χ2v) is 8.41. The number of aliphatic imine (C=N–C) groups is 1. The molecular weight excluding hydrogens is 517 g/mol. The molecule has 1 aliphatic carbocycles. The van der Waals surface area contributed by atoms with Gasteiger partial charge in [0.2, 0.25) is 5.91 Å². The Bertz CT molecular complexity index is 740. The molecule has 9 heteroatoms. The molecule has 7 nitrogen and oxygen atoms in total. The molecule has 3 rings (SSSR count). The van der Waals surface area contributed by atoms with E-state index in [4.69, 9.17) is 16.3 Å². The minimum atomic E-state index is -0.00534. The van der Waals surface area contributed by atoms with Gasteiger partial charge in [-0.1, -0.05) is 24.4 Å². The first kappa shape index (κ1) is 24.8. The van der Waals surface area contributed by atoms with Crippen LogP contribution in [0.15, 0.2) is 23.2 Å². The molecule has 1 saturated carbocycles. The van der Waals surface area contributed by atoms with Crippen LogP contribution in [-0.2, 0) is 4.79 Å². The maximum Gasteiger partial charge on any atom is 0.243 e. The molecule has 2 N–H and O–H groups in total. The van der Waals surface area contributed by atoms with E-state index in [1.165, 1.54) is 12.8 Å². The van der Waals surface area contributed by atoms with Gasteiger partial charge in [-0.3, -0.25) is 4.79 Å². The van der Waals surface area contributed by atoms with Gasteiger partial charge >= 0.3 is 0 Å². The number of amides is 1. The number of rotatable bonds is 6. The molecular formula is C21H33ClIN5O2. The van der Waals surface area contributed by atoms with Crippen LogP contribution in [0.2, 0.25) is 5.02 Å². The summed E-state index contributed by atoms with van der Waals surface area (Å²) >= 11 is 6.20. The van der Waals surface area contributed by atoms with Gasteiger partial charge in [-0.2, -0.15) is 0 Å². The summed E-state index contributed by atoms with van der Waals surface area (Å²) in [5.41, 5.74) is 1.01. The molecule has 0 radical (unpaired) electrons. The number of methoxy groups -OCH3 is 1. The minimum absolute atomic E-state index is 0. The predicted octanol–water partition coefficient (Wildman–Crippen LogP) is 3.11. The first-order valence-electron chi connectivity index (χ1n) is 10.3. The van der Waals surface area contributed by atoms with E-state index in [1.807, 2.05) is 18.2 Å². The number of nitrogens with one attached hydrogen (secondary N) is 2. The Hall–Kier alpha value is -1.42. The highest BCUT2D eigenvalue weighted by molar-refractivity contribution is 14.0. The topological polar surface area (TPSA) is 69.2 Å². The summed E-state index contributed by atoms with van der Waals surface area (Å²) in [6, 6.07) is 6.36. The van der Waals surface area contributed by atoms with Crippen molar-refractivity contribution in [3.63, 3.8) is 0 Å². The fraction of sp³-hybridized carbons (Fsp3) is 0.619. The molecule has 2 aliphatic rings. The second kappa shape index (κ2) is 11.8. The largest absolute Gasteiger partial charge is 0.495 e. The number of nitrogens with zero attached hydrogens (tertiary/aromatic N) is 3. The number of hydrogen-bond donors (Lipinski definition) is 2. The van der Waals surface area contributed by atoms with Crippen molar-refractivity contribution in [1.29, 1.82) is 0 Å². The third kappa shape index (κ3) is 6.80. The van der Waals surface area contributed by atoms with E-state index in [-0.39, 0.29) is 42.5 Å². The molecule has 1 unspecified atom stereocenters. The molecule has 1 amide bonds. The molecule has 1 heterocycles. The summed E-state index contributed by atoms with van der Waals surface area (Å²) in [5, 5.41) is 7.77. The molecule has 1 atom stereocenters. The maximum atomic E-state index is 12.0. The quantitative estimate of drug-likeness (QED) is 0.324. The van der Waals surface area contributed by atoms with Gasteiger partial charge in [0.05, 0.1) is 12.8 Å². The zero-order valence-electron chi connectivity index (χ0n) is 18.0. The lowest BCUT2D eigenvalue weighted by Crippen LogP contribution is -2.48. The Morgan fingerprint density at radius 3 is 2.60 bits per heavy atom. The summed E-state index contributed by atoms with van der Waals surface area (Å²) in [5.74, 6) is 1.55. The van der Waals surface area contributed by atoms with Crippen molar-refractivity contribution in [2.24, 2.45) is 4.99 Å². The third-order valence-electron chi connectivity index (χ3n) is 5.58. The normalized spacial score (nSPS) is 19.4. The molecule has 1 aliphatic heterocycles. The van der Waals surface area contributed by atoms with Crippen LogP contribution in [0.3, 0.4) is 0 Å². The summed E-state index contributed by atoms with van der Waals surface area (Å²) < 4.78 is 5.51. The molecule has 1 aromatic carbocycles. The SMILES string of the molecule is COc1ccc(Cl)cc1N1CCC(NC(=NCC(=O)N(C)C)NC2CCCC2)C1.I. The van der Waals surface area contributed by atoms with E-state index < -0.39 is 0 Å². The molecule has 0 bridgehead atoms. The van der Waals surface area contributed by atoms with Gasteiger partial charge in [0, 0.05) is 44.3 Å². The highest BCUT2D eigenvalue weighted by atomic mass is 127. The Morgan fingerprint density at radius 2 is 1.93 bits per heavy atom.